The Labute approximate surface area is 208 Å². The fourth-order valence-electron chi connectivity index (χ4n) is 5.57. The third kappa shape index (κ3) is 7.54. The van der Waals surface area contributed by atoms with Gasteiger partial charge >= 0.3 is 0 Å². The monoisotopic (exact) mass is 502 g/mol. The van der Waals surface area contributed by atoms with E-state index in [1.807, 2.05) is 13.8 Å². The molecule has 3 fully saturated rings. The number of carbonyl (C=O) groups is 1. The van der Waals surface area contributed by atoms with Crippen molar-refractivity contribution in [2.24, 2.45) is 11.8 Å². The highest BCUT2D eigenvalue weighted by Gasteiger charge is 2.47. The Morgan fingerprint density at radius 1 is 1.12 bits per heavy atom. The molecule has 2 heterocycles. The van der Waals surface area contributed by atoms with E-state index < -0.39 is 35.9 Å². The minimum Gasteiger partial charge on any atom is -0.388 e. The molecule has 5 N–H and O–H groups in total. The van der Waals surface area contributed by atoms with Gasteiger partial charge < -0.3 is 35.4 Å². The second-order valence-corrected chi connectivity index (χ2v) is 11.6. The summed E-state index contributed by atoms with van der Waals surface area (Å²) in [4.78, 5) is 13.2. The number of piperidine rings is 1. The maximum Gasteiger partial charge on any atom is 0.237 e. The Balaban J connectivity index is 1.49. The molecule has 3 aliphatic rings. The highest BCUT2D eigenvalue weighted by Crippen LogP contribution is 2.31. The number of ether oxygens (including phenoxy) is 2. The normalized spacial score (nSPS) is 36.4. The van der Waals surface area contributed by atoms with Gasteiger partial charge in [-0.15, -0.1) is 11.8 Å². The number of aliphatic hydroxyl groups excluding tert-OH is 3. The molecule has 8 unspecified atom stereocenters. The minimum absolute atomic E-state index is 0.0233. The van der Waals surface area contributed by atoms with Crippen LogP contribution in [0.2, 0.25) is 0 Å². The van der Waals surface area contributed by atoms with Gasteiger partial charge in [-0.1, -0.05) is 33.1 Å². The summed E-state index contributed by atoms with van der Waals surface area (Å²) in [6.07, 6.45) is 7.89. The van der Waals surface area contributed by atoms with E-state index >= 15 is 0 Å². The molecule has 0 aromatic heterocycles. The minimum atomic E-state index is -1.32. The zero-order valence-electron chi connectivity index (χ0n) is 21.0. The Morgan fingerprint density at radius 2 is 1.85 bits per heavy atom. The molecular formula is C25H46N2O6S. The molecule has 0 aromatic rings. The van der Waals surface area contributed by atoms with Crippen LogP contribution >= 0.6 is 11.8 Å². The SMILES string of the molecule is CSC1OC(C(NC(=O)C2CC(CCCOC3CCCCC3)CCN2)C(C)C)C(O)C(O)C1O. The van der Waals surface area contributed by atoms with E-state index in [2.05, 4.69) is 10.6 Å². The molecule has 2 aliphatic heterocycles. The number of aliphatic hydroxyl groups is 3. The van der Waals surface area contributed by atoms with Crippen molar-refractivity contribution >= 4 is 17.7 Å². The zero-order valence-corrected chi connectivity index (χ0v) is 21.8. The lowest BCUT2D eigenvalue weighted by molar-refractivity contribution is -0.208. The standard InChI is InChI=1S/C25H46N2O6S/c1-15(2)19(23-21(29)20(28)22(30)25(33-23)34-3)27-24(31)18-14-16(11-12-26-18)8-7-13-32-17-9-5-4-6-10-17/h15-23,25-26,28-30H,4-14H2,1-3H3,(H,27,31). The fourth-order valence-corrected chi connectivity index (χ4v) is 6.25. The first-order valence-electron chi connectivity index (χ1n) is 13.2. The number of hydrogen-bond donors (Lipinski definition) is 5. The quantitative estimate of drug-likeness (QED) is 0.287. The lowest BCUT2D eigenvalue weighted by atomic mass is 9.86. The lowest BCUT2D eigenvalue weighted by Gasteiger charge is -2.44. The number of nitrogens with one attached hydrogen (secondary N) is 2. The molecular weight excluding hydrogens is 456 g/mol. The van der Waals surface area contributed by atoms with Crippen molar-refractivity contribution in [2.45, 2.75) is 120 Å². The summed E-state index contributed by atoms with van der Waals surface area (Å²) in [5.74, 6) is 0.364. The summed E-state index contributed by atoms with van der Waals surface area (Å²) in [7, 11) is 0. The van der Waals surface area contributed by atoms with Crippen LogP contribution in [-0.4, -0.2) is 88.7 Å². The largest absolute Gasteiger partial charge is 0.388 e. The molecule has 0 aromatic carbocycles. The van der Waals surface area contributed by atoms with Gasteiger partial charge in [0, 0.05) is 6.61 Å². The van der Waals surface area contributed by atoms with Gasteiger partial charge in [-0.3, -0.25) is 4.79 Å². The molecule has 0 spiro atoms. The van der Waals surface area contributed by atoms with Crippen molar-refractivity contribution < 1.29 is 29.6 Å². The summed E-state index contributed by atoms with van der Waals surface area (Å²) in [6.45, 7) is 5.52. The van der Waals surface area contributed by atoms with E-state index in [0.29, 0.717) is 12.0 Å². The summed E-state index contributed by atoms with van der Waals surface area (Å²) in [6, 6.07) is -0.766. The van der Waals surface area contributed by atoms with Gasteiger partial charge in [-0.25, -0.2) is 0 Å². The highest BCUT2D eigenvalue weighted by molar-refractivity contribution is 7.99. The molecule has 0 radical (unpaired) electrons. The van der Waals surface area contributed by atoms with Gasteiger partial charge in [-0.05, 0) is 63.2 Å². The topological polar surface area (TPSA) is 120 Å². The van der Waals surface area contributed by atoms with E-state index in [-0.39, 0.29) is 17.9 Å². The van der Waals surface area contributed by atoms with Crippen molar-refractivity contribution in [2.75, 3.05) is 19.4 Å². The van der Waals surface area contributed by atoms with E-state index in [4.69, 9.17) is 9.47 Å². The van der Waals surface area contributed by atoms with Gasteiger partial charge in [-0.2, -0.15) is 0 Å². The molecule has 3 rings (SSSR count). The number of carbonyl (C=O) groups excluding carboxylic acids is 1. The number of thioether (sulfide) groups is 1. The molecule has 1 aliphatic carbocycles. The van der Waals surface area contributed by atoms with Crippen LogP contribution in [-0.2, 0) is 14.3 Å². The molecule has 1 amide bonds. The van der Waals surface area contributed by atoms with Crippen LogP contribution in [0.15, 0.2) is 0 Å². The zero-order chi connectivity index (χ0) is 24.7. The Hall–Kier alpha value is -0.420. The van der Waals surface area contributed by atoms with E-state index in [0.717, 1.165) is 38.8 Å². The van der Waals surface area contributed by atoms with Crippen LogP contribution in [0.4, 0.5) is 0 Å². The van der Waals surface area contributed by atoms with E-state index in [1.165, 1.54) is 43.9 Å². The van der Waals surface area contributed by atoms with Crippen LogP contribution in [0.5, 0.6) is 0 Å². The maximum atomic E-state index is 13.2. The predicted octanol–water partition coefficient (Wildman–Crippen LogP) is 1.80. The third-order valence-electron chi connectivity index (χ3n) is 7.71. The smallest absolute Gasteiger partial charge is 0.237 e. The fraction of sp³-hybridized carbons (Fsp3) is 0.960. The second kappa shape index (κ2) is 13.8. The van der Waals surface area contributed by atoms with Crippen LogP contribution in [0.3, 0.4) is 0 Å². The van der Waals surface area contributed by atoms with Crippen molar-refractivity contribution in [1.82, 2.24) is 10.6 Å². The molecule has 0 bridgehead atoms. The van der Waals surface area contributed by atoms with Crippen molar-refractivity contribution in [1.29, 1.82) is 0 Å². The molecule has 198 valence electrons. The molecule has 8 atom stereocenters. The predicted molar refractivity (Wildman–Crippen MR) is 134 cm³/mol. The van der Waals surface area contributed by atoms with Gasteiger partial charge in [0.05, 0.1) is 18.2 Å². The first-order valence-corrected chi connectivity index (χ1v) is 14.5. The van der Waals surface area contributed by atoms with Gasteiger partial charge in [0.15, 0.2) is 0 Å². The van der Waals surface area contributed by atoms with Crippen LogP contribution in [0.1, 0.15) is 71.6 Å². The molecule has 2 saturated heterocycles. The highest BCUT2D eigenvalue weighted by atomic mass is 32.2. The summed E-state index contributed by atoms with van der Waals surface area (Å²) >= 11 is 1.28. The number of rotatable bonds is 10. The first-order chi connectivity index (χ1) is 16.3. The average molecular weight is 503 g/mol. The first kappa shape index (κ1) is 28.2. The van der Waals surface area contributed by atoms with Gasteiger partial charge in [0.1, 0.15) is 29.9 Å². The molecule has 9 heteroatoms. The van der Waals surface area contributed by atoms with Crippen molar-refractivity contribution in [3.05, 3.63) is 0 Å². The molecule has 34 heavy (non-hydrogen) atoms. The second-order valence-electron chi connectivity index (χ2n) is 10.6. The van der Waals surface area contributed by atoms with Gasteiger partial charge in [0.2, 0.25) is 5.91 Å². The van der Waals surface area contributed by atoms with Crippen molar-refractivity contribution in [3.8, 4) is 0 Å². The summed E-state index contributed by atoms with van der Waals surface area (Å²) in [5.41, 5.74) is -0.658. The Bertz CT molecular complexity index is 618. The average Bonchev–Trinajstić information content (AvgIpc) is 2.85. The number of amides is 1. The van der Waals surface area contributed by atoms with E-state index in [1.54, 1.807) is 6.26 Å². The number of hydrogen-bond acceptors (Lipinski definition) is 8. The van der Waals surface area contributed by atoms with Crippen LogP contribution in [0, 0.1) is 11.8 Å². The maximum absolute atomic E-state index is 13.2. The van der Waals surface area contributed by atoms with Gasteiger partial charge in [0.25, 0.3) is 0 Å². The van der Waals surface area contributed by atoms with Crippen LogP contribution < -0.4 is 10.6 Å². The molecule has 8 nitrogen and oxygen atoms in total. The van der Waals surface area contributed by atoms with Crippen LogP contribution in [0.25, 0.3) is 0 Å². The van der Waals surface area contributed by atoms with Crippen molar-refractivity contribution in [3.63, 3.8) is 0 Å². The van der Waals surface area contributed by atoms with E-state index in [9.17, 15) is 20.1 Å². The Kier molecular flexibility index (Phi) is 11.4. The summed E-state index contributed by atoms with van der Waals surface area (Å²) in [5, 5.41) is 37.5. The third-order valence-corrected chi connectivity index (χ3v) is 8.57. The summed E-state index contributed by atoms with van der Waals surface area (Å²) < 4.78 is 12.0. The Morgan fingerprint density at radius 3 is 2.53 bits per heavy atom. The lowest BCUT2D eigenvalue weighted by Crippen LogP contribution is -2.65. The molecule has 1 saturated carbocycles.